The Kier molecular flexibility index (Phi) is 4.54. The van der Waals surface area contributed by atoms with Crippen molar-refractivity contribution < 1.29 is 0 Å². The van der Waals surface area contributed by atoms with Crippen LogP contribution in [0, 0.1) is 0 Å². The minimum Gasteiger partial charge on any atom is -0.384 e. The Balaban J connectivity index is 1.93. The van der Waals surface area contributed by atoms with E-state index in [1.807, 2.05) is 11.8 Å². The molecule has 1 aromatic heterocycles. The van der Waals surface area contributed by atoms with Crippen LogP contribution < -0.4 is 5.73 Å². The van der Waals surface area contributed by atoms with E-state index in [1.165, 1.54) is 17.7 Å². The molecule has 1 aliphatic rings. The van der Waals surface area contributed by atoms with Crippen LogP contribution in [0.4, 0.5) is 5.82 Å². The molecule has 4 heteroatoms. The Hall–Kier alpha value is -1.42. The lowest BCUT2D eigenvalue weighted by atomic mass is 10.1. The second-order valence-electron chi connectivity index (χ2n) is 5.68. The van der Waals surface area contributed by atoms with Gasteiger partial charge >= 0.3 is 0 Å². The number of nitrogen functional groups attached to an aromatic ring is 1. The van der Waals surface area contributed by atoms with Crippen molar-refractivity contribution in [1.29, 1.82) is 0 Å². The van der Waals surface area contributed by atoms with Gasteiger partial charge in [-0.05, 0) is 24.2 Å². The van der Waals surface area contributed by atoms with E-state index in [2.05, 4.69) is 41.8 Å². The van der Waals surface area contributed by atoms with Crippen molar-refractivity contribution in [1.82, 2.24) is 9.55 Å². The highest BCUT2D eigenvalue weighted by Gasteiger charge is 2.25. The van der Waals surface area contributed by atoms with Crippen LogP contribution in [0.5, 0.6) is 0 Å². The number of thioether (sulfide) groups is 1. The molecule has 1 unspecified atom stereocenters. The molecular formula is C17H23N3S. The molecule has 3 rings (SSSR count). The summed E-state index contributed by atoms with van der Waals surface area (Å²) >= 11 is 2.01. The molecule has 2 N–H and O–H groups in total. The maximum absolute atomic E-state index is 6.45. The van der Waals surface area contributed by atoms with Gasteiger partial charge in [0.2, 0.25) is 0 Å². The van der Waals surface area contributed by atoms with Crippen LogP contribution in [0.2, 0.25) is 0 Å². The fraction of sp³-hybridized carbons (Fsp3) is 0.471. The van der Waals surface area contributed by atoms with E-state index in [9.17, 15) is 0 Å². The Bertz CT molecular complexity index is 586. The first-order valence-electron chi connectivity index (χ1n) is 7.76. The van der Waals surface area contributed by atoms with Gasteiger partial charge in [0.15, 0.2) is 0 Å². The van der Waals surface area contributed by atoms with Gasteiger partial charge in [-0.1, -0.05) is 37.3 Å². The van der Waals surface area contributed by atoms with Crippen molar-refractivity contribution in [3.8, 4) is 0 Å². The van der Waals surface area contributed by atoms with Gasteiger partial charge in [-0.25, -0.2) is 4.98 Å². The monoisotopic (exact) mass is 301 g/mol. The molecule has 0 saturated carbocycles. The van der Waals surface area contributed by atoms with Crippen LogP contribution in [0.25, 0.3) is 0 Å². The largest absolute Gasteiger partial charge is 0.384 e. The molecule has 0 amide bonds. The maximum Gasteiger partial charge on any atom is 0.127 e. The number of hydrogen-bond acceptors (Lipinski definition) is 3. The normalized spacial score (nSPS) is 18.2. The number of nitrogens with zero attached hydrogens (tertiary/aromatic N) is 2. The lowest BCUT2D eigenvalue weighted by molar-refractivity contribution is 0.710. The SMILES string of the molecule is CCCc1nc(C2CCSC2)c(N)n1Cc1ccccc1. The molecule has 0 spiro atoms. The van der Waals surface area contributed by atoms with Crippen molar-refractivity contribution in [2.24, 2.45) is 0 Å². The van der Waals surface area contributed by atoms with Crippen LogP contribution in [-0.4, -0.2) is 21.1 Å². The van der Waals surface area contributed by atoms with E-state index in [0.717, 1.165) is 42.5 Å². The molecule has 1 aliphatic heterocycles. The number of anilines is 1. The number of imidazole rings is 1. The van der Waals surface area contributed by atoms with Gasteiger partial charge in [0.1, 0.15) is 11.6 Å². The van der Waals surface area contributed by atoms with Crippen LogP contribution in [0.3, 0.4) is 0 Å². The van der Waals surface area contributed by atoms with Crippen LogP contribution in [0.1, 0.15) is 42.8 Å². The van der Waals surface area contributed by atoms with Crippen molar-refractivity contribution >= 4 is 17.6 Å². The molecule has 0 aliphatic carbocycles. The molecular weight excluding hydrogens is 278 g/mol. The first-order valence-corrected chi connectivity index (χ1v) is 8.91. The number of rotatable bonds is 5. The number of benzene rings is 1. The van der Waals surface area contributed by atoms with Crippen LogP contribution >= 0.6 is 11.8 Å². The molecule has 112 valence electrons. The second kappa shape index (κ2) is 6.56. The molecule has 1 saturated heterocycles. The highest BCUT2D eigenvalue weighted by molar-refractivity contribution is 7.99. The summed E-state index contributed by atoms with van der Waals surface area (Å²) in [5, 5.41) is 0. The summed E-state index contributed by atoms with van der Waals surface area (Å²) in [4.78, 5) is 4.90. The Morgan fingerprint density at radius 3 is 2.81 bits per heavy atom. The summed E-state index contributed by atoms with van der Waals surface area (Å²) in [6.45, 7) is 3.03. The topological polar surface area (TPSA) is 43.8 Å². The van der Waals surface area contributed by atoms with E-state index < -0.39 is 0 Å². The first kappa shape index (κ1) is 14.5. The van der Waals surface area contributed by atoms with Crippen LogP contribution in [0.15, 0.2) is 30.3 Å². The third-order valence-corrected chi connectivity index (χ3v) is 5.25. The summed E-state index contributed by atoms with van der Waals surface area (Å²) in [5.41, 5.74) is 8.88. The van der Waals surface area contributed by atoms with Gasteiger partial charge in [0, 0.05) is 18.1 Å². The fourth-order valence-electron chi connectivity index (χ4n) is 2.94. The van der Waals surface area contributed by atoms with E-state index in [4.69, 9.17) is 10.7 Å². The van der Waals surface area contributed by atoms with Gasteiger partial charge in [-0.3, -0.25) is 0 Å². The summed E-state index contributed by atoms with van der Waals surface area (Å²) in [7, 11) is 0. The summed E-state index contributed by atoms with van der Waals surface area (Å²) < 4.78 is 2.22. The molecule has 21 heavy (non-hydrogen) atoms. The predicted molar refractivity (Wildman–Crippen MR) is 90.9 cm³/mol. The zero-order chi connectivity index (χ0) is 14.7. The highest BCUT2D eigenvalue weighted by atomic mass is 32.2. The third kappa shape index (κ3) is 3.10. The van der Waals surface area contributed by atoms with E-state index >= 15 is 0 Å². The average molecular weight is 301 g/mol. The number of hydrogen-bond donors (Lipinski definition) is 1. The molecule has 0 bridgehead atoms. The van der Waals surface area contributed by atoms with E-state index in [0.29, 0.717) is 5.92 Å². The molecule has 0 radical (unpaired) electrons. The fourth-order valence-corrected chi connectivity index (χ4v) is 4.17. The first-order chi connectivity index (χ1) is 10.3. The van der Waals surface area contributed by atoms with Crippen molar-refractivity contribution in [2.75, 3.05) is 17.2 Å². The second-order valence-corrected chi connectivity index (χ2v) is 6.83. The van der Waals surface area contributed by atoms with Gasteiger partial charge in [0.05, 0.1) is 12.2 Å². The lowest BCUT2D eigenvalue weighted by Gasteiger charge is -2.10. The Morgan fingerprint density at radius 2 is 2.14 bits per heavy atom. The van der Waals surface area contributed by atoms with Crippen molar-refractivity contribution in [3.05, 3.63) is 47.4 Å². The third-order valence-electron chi connectivity index (χ3n) is 4.09. The zero-order valence-corrected chi connectivity index (χ0v) is 13.4. The summed E-state index contributed by atoms with van der Waals surface area (Å²) in [6.07, 6.45) is 3.31. The number of aryl methyl sites for hydroxylation is 1. The molecule has 1 atom stereocenters. The van der Waals surface area contributed by atoms with Crippen LogP contribution in [-0.2, 0) is 13.0 Å². The smallest absolute Gasteiger partial charge is 0.127 e. The molecule has 1 aromatic carbocycles. The maximum atomic E-state index is 6.45. The van der Waals surface area contributed by atoms with Gasteiger partial charge in [-0.2, -0.15) is 11.8 Å². The quantitative estimate of drug-likeness (QED) is 0.916. The standard InChI is InChI=1S/C17H23N3S/c1-2-6-15-19-16(14-9-10-21-12-14)17(18)20(15)11-13-7-4-3-5-8-13/h3-5,7-8,14H,2,6,9-12,18H2,1H3. The number of aromatic nitrogens is 2. The van der Waals surface area contributed by atoms with Gasteiger partial charge in [0.25, 0.3) is 0 Å². The average Bonchev–Trinajstić information content (AvgIpc) is 3.12. The van der Waals surface area contributed by atoms with Gasteiger partial charge < -0.3 is 10.3 Å². The van der Waals surface area contributed by atoms with Crippen molar-refractivity contribution in [2.45, 2.75) is 38.6 Å². The number of nitrogens with two attached hydrogens (primary N) is 1. The minimum absolute atomic E-state index is 0.544. The molecule has 1 fully saturated rings. The zero-order valence-electron chi connectivity index (χ0n) is 12.6. The Morgan fingerprint density at radius 1 is 1.33 bits per heavy atom. The molecule has 2 heterocycles. The summed E-state index contributed by atoms with van der Waals surface area (Å²) in [6, 6.07) is 10.5. The predicted octanol–water partition coefficient (Wildman–Crippen LogP) is 3.69. The van der Waals surface area contributed by atoms with Crippen molar-refractivity contribution in [3.63, 3.8) is 0 Å². The lowest BCUT2D eigenvalue weighted by Crippen LogP contribution is -2.09. The molecule has 3 nitrogen and oxygen atoms in total. The summed E-state index contributed by atoms with van der Waals surface area (Å²) in [5.74, 6) is 4.97. The van der Waals surface area contributed by atoms with E-state index in [-0.39, 0.29) is 0 Å². The minimum atomic E-state index is 0.544. The Labute approximate surface area is 131 Å². The molecule has 2 aromatic rings. The van der Waals surface area contributed by atoms with Gasteiger partial charge in [-0.15, -0.1) is 0 Å². The van der Waals surface area contributed by atoms with E-state index in [1.54, 1.807) is 0 Å². The highest BCUT2D eigenvalue weighted by Crippen LogP contribution is 2.35.